The molecule has 2 aromatic carbocycles. The Bertz CT molecular complexity index is 1110. The lowest BCUT2D eigenvalue weighted by atomic mass is 10.1. The Kier molecular flexibility index (Phi) is 6.14. The fourth-order valence-corrected chi connectivity index (χ4v) is 3.29. The molecule has 2 amide bonds. The van der Waals surface area contributed by atoms with Crippen molar-refractivity contribution in [2.45, 2.75) is 12.1 Å². The highest BCUT2D eigenvalue weighted by Crippen LogP contribution is 2.24. The van der Waals surface area contributed by atoms with Gasteiger partial charge in [-0.25, -0.2) is 8.78 Å². The average Bonchev–Trinajstić information content (AvgIpc) is 3.13. The summed E-state index contributed by atoms with van der Waals surface area (Å²) in [6.07, 6.45) is 1.47. The van der Waals surface area contributed by atoms with Gasteiger partial charge in [0.15, 0.2) is 5.16 Å². The molecule has 150 valence electrons. The van der Waals surface area contributed by atoms with Crippen LogP contribution < -0.4 is 11.1 Å². The molecule has 0 aliphatic rings. The Balaban J connectivity index is 1.71. The second kappa shape index (κ2) is 8.58. The number of nitrogens with one attached hydrogen (secondary N) is 1. The molecule has 0 radical (unpaired) electrons. The van der Waals surface area contributed by atoms with Gasteiger partial charge in [0.25, 0.3) is 5.91 Å². The van der Waals surface area contributed by atoms with E-state index in [9.17, 15) is 18.4 Å². The van der Waals surface area contributed by atoms with Crippen molar-refractivity contribution in [3.8, 4) is 5.69 Å². The predicted molar refractivity (Wildman–Crippen MR) is 105 cm³/mol. The molecule has 3 N–H and O–H groups in total. The maximum Gasteiger partial charge on any atom is 0.251 e. The van der Waals surface area contributed by atoms with Gasteiger partial charge >= 0.3 is 0 Å². The number of hydrogen-bond acceptors (Lipinski definition) is 5. The number of primary amides is 1. The van der Waals surface area contributed by atoms with Gasteiger partial charge in [0.2, 0.25) is 5.91 Å². The second-order valence-corrected chi connectivity index (χ2v) is 7.28. The first-order valence-corrected chi connectivity index (χ1v) is 9.50. The average molecular weight is 438 g/mol. The van der Waals surface area contributed by atoms with Crippen molar-refractivity contribution >= 4 is 40.9 Å². The molecule has 7 nitrogen and oxygen atoms in total. The van der Waals surface area contributed by atoms with Gasteiger partial charge in [0.1, 0.15) is 18.0 Å². The molecule has 0 bridgehead atoms. The molecule has 1 heterocycles. The Hall–Kier alpha value is -2.98. The molecule has 0 unspecified atom stereocenters. The third kappa shape index (κ3) is 4.72. The standard InChI is InChI=1S/C18H14ClF2N5O2S/c1-9-2-3-10(4-12(9)19)26-8-23-25-18(26)29-7-16(27)24-15-5-11(17(22)28)13(20)6-14(15)21/h2-6,8H,7H2,1H3,(H2,22,28)(H,24,27). The van der Waals surface area contributed by atoms with Crippen molar-refractivity contribution in [3.63, 3.8) is 0 Å². The van der Waals surface area contributed by atoms with E-state index in [-0.39, 0.29) is 11.4 Å². The summed E-state index contributed by atoms with van der Waals surface area (Å²) in [6.45, 7) is 1.87. The zero-order chi connectivity index (χ0) is 21.1. The van der Waals surface area contributed by atoms with Crippen LogP contribution in [0.3, 0.4) is 0 Å². The SMILES string of the molecule is Cc1ccc(-n2cnnc2SCC(=O)Nc2cc(C(N)=O)c(F)cc2F)cc1Cl. The van der Waals surface area contributed by atoms with E-state index in [1.54, 1.807) is 10.6 Å². The summed E-state index contributed by atoms with van der Waals surface area (Å²) in [5, 5.41) is 11.1. The number of benzene rings is 2. The zero-order valence-electron chi connectivity index (χ0n) is 14.9. The van der Waals surface area contributed by atoms with Crippen molar-refractivity contribution in [2.75, 3.05) is 11.1 Å². The van der Waals surface area contributed by atoms with Gasteiger partial charge in [-0.2, -0.15) is 0 Å². The topological polar surface area (TPSA) is 103 Å². The van der Waals surface area contributed by atoms with Crippen LogP contribution in [0.1, 0.15) is 15.9 Å². The van der Waals surface area contributed by atoms with Crippen LogP contribution in [-0.2, 0) is 4.79 Å². The number of nitrogens with two attached hydrogens (primary N) is 1. The number of halogens is 3. The van der Waals surface area contributed by atoms with E-state index < -0.39 is 29.0 Å². The number of thioether (sulfide) groups is 1. The third-order valence-electron chi connectivity index (χ3n) is 3.88. The molecule has 0 saturated heterocycles. The molecule has 3 rings (SSSR count). The first kappa shape index (κ1) is 20.7. The molecule has 11 heteroatoms. The van der Waals surface area contributed by atoms with Crippen LogP contribution in [0.2, 0.25) is 5.02 Å². The van der Waals surface area contributed by atoms with Crippen molar-refractivity contribution < 1.29 is 18.4 Å². The van der Waals surface area contributed by atoms with Crippen LogP contribution >= 0.6 is 23.4 Å². The number of aromatic nitrogens is 3. The highest BCUT2D eigenvalue weighted by molar-refractivity contribution is 7.99. The summed E-state index contributed by atoms with van der Waals surface area (Å²) in [6, 6.07) is 6.75. The summed E-state index contributed by atoms with van der Waals surface area (Å²) in [5.74, 6) is -3.93. The van der Waals surface area contributed by atoms with E-state index in [2.05, 4.69) is 15.5 Å². The fourth-order valence-electron chi connectivity index (χ4n) is 2.38. The van der Waals surface area contributed by atoms with Crippen LogP contribution in [0.15, 0.2) is 41.8 Å². The van der Waals surface area contributed by atoms with Crippen LogP contribution in [0.5, 0.6) is 0 Å². The highest BCUT2D eigenvalue weighted by Gasteiger charge is 2.16. The number of hydrogen-bond donors (Lipinski definition) is 2. The lowest BCUT2D eigenvalue weighted by Gasteiger charge is -2.09. The number of aryl methyl sites for hydroxylation is 1. The molecule has 0 aliphatic heterocycles. The quantitative estimate of drug-likeness (QED) is 0.576. The summed E-state index contributed by atoms with van der Waals surface area (Å²) >= 11 is 7.19. The minimum Gasteiger partial charge on any atom is -0.366 e. The number of anilines is 1. The van der Waals surface area contributed by atoms with Gasteiger partial charge in [-0.1, -0.05) is 29.4 Å². The van der Waals surface area contributed by atoms with Crippen LogP contribution in [0.4, 0.5) is 14.5 Å². The van der Waals surface area contributed by atoms with Crippen molar-refractivity contribution in [2.24, 2.45) is 5.73 Å². The van der Waals surface area contributed by atoms with E-state index >= 15 is 0 Å². The van der Waals surface area contributed by atoms with Crippen molar-refractivity contribution in [1.82, 2.24) is 14.8 Å². The van der Waals surface area contributed by atoms with Gasteiger partial charge < -0.3 is 11.1 Å². The van der Waals surface area contributed by atoms with E-state index in [4.69, 9.17) is 17.3 Å². The van der Waals surface area contributed by atoms with Gasteiger partial charge in [0.05, 0.1) is 22.7 Å². The molecule has 0 aliphatic carbocycles. The first-order chi connectivity index (χ1) is 13.8. The summed E-state index contributed by atoms with van der Waals surface area (Å²) in [4.78, 5) is 23.4. The van der Waals surface area contributed by atoms with Crippen LogP contribution in [0, 0.1) is 18.6 Å². The molecule has 29 heavy (non-hydrogen) atoms. The molecule has 0 saturated carbocycles. The Morgan fingerprint density at radius 3 is 2.69 bits per heavy atom. The zero-order valence-corrected chi connectivity index (χ0v) is 16.5. The molecular formula is C18H14ClF2N5O2S. The third-order valence-corrected chi connectivity index (χ3v) is 5.23. The Morgan fingerprint density at radius 2 is 2.00 bits per heavy atom. The lowest BCUT2D eigenvalue weighted by molar-refractivity contribution is -0.113. The lowest BCUT2D eigenvalue weighted by Crippen LogP contribution is -2.18. The smallest absolute Gasteiger partial charge is 0.251 e. The largest absolute Gasteiger partial charge is 0.366 e. The number of carbonyl (C=O) groups is 2. The maximum atomic E-state index is 13.9. The van der Waals surface area contributed by atoms with Gasteiger partial charge in [-0.05, 0) is 30.7 Å². The minimum absolute atomic E-state index is 0.138. The van der Waals surface area contributed by atoms with E-state index in [1.807, 2.05) is 19.1 Å². The molecule has 3 aromatic rings. The number of nitrogens with zero attached hydrogens (tertiary/aromatic N) is 3. The number of rotatable bonds is 6. The summed E-state index contributed by atoms with van der Waals surface area (Å²) in [7, 11) is 0. The van der Waals surface area contributed by atoms with Crippen molar-refractivity contribution in [1.29, 1.82) is 0 Å². The van der Waals surface area contributed by atoms with Gasteiger partial charge in [-0.3, -0.25) is 14.2 Å². The molecular weight excluding hydrogens is 424 g/mol. The molecule has 1 aromatic heterocycles. The van der Waals surface area contributed by atoms with E-state index in [1.165, 1.54) is 6.33 Å². The molecule has 0 spiro atoms. The van der Waals surface area contributed by atoms with Crippen LogP contribution in [-0.4, -0.2) is 32.3 Å². The minimum atomic E-state index is -1.10. The number of carbonyl (C=O) groups excluding carboxylic acids is 2. The Morgan fingerprint density at radius 1 is 1.24 bits per heavy atom. The second-order valence-electron chi connectivity index (χ2n) is 5.93. The highest BCUT2D eigenvalue weighted by atomic mass is 35.5. The van der Waals surface area contributed by atoms with Gasteiger partial charge in [0, 0.05) is 11.1 Å². The first-order valence-electron chi connectivity index (χ1n) is 8.14. The molecule has 0 atom stereocenters. The summed E-state index contributed by atoms with van der Waals surface area (Å²) in [5.41, 5.74) is 5.78. The maximum absolute atomic E-state index is 13.9. The van der Waals surface area contributed by atoms with Crippen LogP contribution in [0.25, 0.3) is 5.69 Å². The Labute approximate surface area is 173 Å². The predicted octanol–water partition coefficient (Wildman–Crippen LogP) is 3.34. The van der Waals surface area contributed by atoms with E-state index in [0.29, 0.717) is 21.9 Å². The van der Waals surface area contributed by atoms with E-state index in [0.717, 1.165) is 23.4 Å². The number of amides is 2. The monoisotopic (exact) mass is 437 g/mol. The molecule has 0 fully saturated rings. The fraction of sp³-hybridized carbons (Fsp3) is 0.111. The normalized spacial score (nSPS) is 10.8. The van der Waals surface area contributed by atoms with Crippen molar-refractivity contribution in [3.05, 3.63) is 64.4 Å². The summed E-state index contributed by atoms with van der Waals surface area (Å²) < 4.78 is 29.0. The van der Waals surface area contributed by atoms with Gasteiger partial charge in [-0.15, -0.1) is 10.2 Å².